The van der Waals surface area contributed by atoms with E-state index in [0.717, 1.165) is 0 Å². The van der Waals surface area contributed by atoms with Crippen LogP contribution in [0.25, 0.3) is 0 Å². The molecule has 0 radical (unpaired) electrons. The minimum absolute atomic E-state index is 0.284. The van der Waals surface area contributed by atoms with Crippen LogP contribution in [0.2, 0.25) is 0 Å². The second kappa shape index (κ2) is 5.31. The van der Waals surface area contributed by atoms with Gasteiger partial charge in [-0.05, 0) is 17.7 Å². The lowest BCUT2D eigenvalue weighted by Gasteiger charge is -2.06. The van der Waals surface area contributed by atoms with Crippen molar-refractivity contribution in [1.82, 2.24) is 0 Å². The van der Waals surface area contributed by atoms with E-state index in [2.05, 4.69) is 0 Å². The van der Waals surface area contributed by atoms with Gasteiger partial charge in [0.2, 0.25) is 6.02 Å². The number of ether oxygens (including phenoxy) is 1. The van der Waals surface area contributed by atoms with Gasteiger partial charge in [0.05, 0.1) is 7.11 Å². The van der Waals surface area contributed by atoms with Crippen molar-refractivity contribution in [2.24, 2.45) is 0 Å². The van der Waals surface area contributed by atoms with Crippen molar-refractivity contribution in [3.8, 4) is 5.75 Å². The molecule has 5 heteroatoms. The molecule has 0 spiro atoms. The molecule has 0 saturated carbocycles. The summed E-state index contributed by atoms with van der Waals surface area (Å²) in [6.07, 6.45) is -1.46. The molecule has 1 aromatic rings. The molecule has 0 bridgehead atoms. The van der Waals surface area contributed by atoms with E-state index >= 15 is 0 Å². The molecule has 1 rings (SSSR count). The zero-order valence-corrected chi connectivity index (χ0v) is 8.21. The van der Waals surface area contributed by atoms with E-state index in [1.54, 1.807) is 12.1 Å². The van der Waals surface area contributed by atoms with Crippen molar-refractivity contribution in [3.63, 3.8) is 0 Å². The van der Waals surface area contributed by atoms with Gasteiger partial charge in [0, 0.05) is 12.7 Å². The quantitative estimate of drug-likeness (QED) is 0.582. The number of hydrogen-bond acceptors (Lipinski definition) is 4. The van der Waals surface area contributed by atoms with Crippen LogP contribution >= 0.6 is 0 Å². The van der Waals surface area contributed by atoms with Gasteiger partial charge in [0.1, 0.15) is 13.7 Å². The third-order valence-corrected chi connectivity index (χ3v) is 1.85. The van der Waals surface area contributed by atoms with Crippen LogP contribution in [0.3, 0.4) is 0 Å². The Bertz CT molecular complexity index is 398. The first-order chi connectivity index (χ1) is 7.95. The number of benzene rings is 1. The highest BCUT2D eigenvalue weighted by atomic mass is 16.6. The normalized spacial score (nSPS) is 18.3. The van der Waals surface area contributed by atoms with E-state index in [1.165, 1.54) is 19.2 Å². The fourth-order valence-electron chi connectivity index (χ4n) is 1.05. The summed E-state index contributed by atoms with van der Waals surface area (Å²) in [7, 11) is 1.48. The molecular formula is C10H13NO4. The molecule has 1 N–H and O–H groups in total. The smallest absolute Gasteiger partial charge is 0.239 e. The van der Waals surface area contributed by atoms with Crippen molar-refractivity contribution >= 4 is 0 Å². The molecule has 0 fully saturated rings. The van der Waals surface area contributed by atoms with Gasteiger partial charge in [0.25, 0.3) is 0 Å². The van der Waals surface area contributed by atoms with Crippen LogP contribution < -0.4 is 4.74 Å². The second-order valence-electron chi connectivity index (χ2n) is 2.82. The fourth-order valence-corrected chi connectivity index (χ4v) is 1.05. The topological polar surface area (TPSA) is 72.6 Å². The van der Waals surface area contributed by atoms with Gasteiger partial charge in [-0.1, -0.05) is 12.1 Å². The highest BCUT2D eigenvalue weighted by molar-refractivity contribution is 5.27. The Balaban J connectivity index is 3.01. The lowest BCUT2D eigenvalue weighted by atomic mass is 10.1. The number of nitrogens with zero attached hydrogens (tertiary/aromatic N) is 1. The number of aliphatic hydroxyl groups is 1. The average molecular weight is 213 g/mol. The molecule has 0 aliphatic heterocycles. The summed E-state index contributed by atoms with van der Waals surface area (Å²) >= 11 is 0. The van der Waals surface area contributed by atoms with Crippen LogP contribution in [0, 0.1) is 10.1 Å². The van der Waals surface area contributed by atoms with Crippen LogP contribution in [-0.4, -0.2) is 29.8 Å². The van der Waals surface area contributed by atoms with Crippen molar-refractivity contribution in [2.75, 3.05) is 13.7 Å². The lowest BCUT2D eigenvalue weighted by Crippen LogP contribution is -2.26. The lowest BCUT2D eigenvalue weighted by molar-refractivity contribution is -0.525. The molecule has 5 nitrogen and oxygen atoms in total. The van der Waals surface area contributed by atoms with E-state index in [4.69, 9.17) is 12.6 Å². The molecule has 0 aromatic heterocycles. The number of rotatable bonds is 5. The van der Waals surface area contributed by atoms with Gasteiger partial charge in [-0.15, -0.1) is 0 Å². The Labute approximate surface area is 90.3 Å². The summed E-state index contributed by atoms with van der Waals surface area (Å²) < 4.78 is 20.1. The SMILES string of the molecule is [2H]C(c1ccc(OC)cc1)C([2H])(CO)[N+](=O)[O-]. The summed E-state index contributed by atoms with van der Waals surface area (Å²) in [6.45, 7) is -1.01. The van der Waals surface area contributed by atoms with Crippen molar-refractivity contribution < 1.29 is 17.5 Å². The Kier molecular flexibility index (Phi) is 3.07. The second-order valence-corrected chi connectivity index (χ2v) is 2.82. The maximum absolute atomic E-state index is 10.7. The number of nitro groups is 1. The molecule has 82 valence electrons. The maximum atomic E-state index is 10.7. The highest BCUT2D eigenvalue weighted by Crippen LogP contribution is 2.13. The standard InChI is InChI=1S/C10H13NO4/c1-15-10-4-2-8(3-5-10)6-9(7-12)11(13)14/h2-5,9,12H,6-7H2,1H3/i6D,9D. The largest absolute Gasteiger partial charge is 0.497 e. The summed E-state index contributed by atoms with van der Waals surface area (Å²) in [6, 6.07) is 3.59. The molecule has 0 heterocycles. The molecule has 15 heavy (non-hydrogen) atoms. The van der Waals surface area contributed by atoms with Crippen LogP contribution in [0.15, 0.2) is 24.3 Å². The summed E-state index contributed by atoms with van der Waals surface area (Å²) in [5, 5.41) is 19.6. The van der Waals surface area contributed by atoms with Crippen LogP contribution in [0.5, 0.6) is 5.75 Å². The van der Waals surface area contributed by atoms with E-state index < -0.39 is 23.9 Å². The average Bonchev–Trinajstić information content (AvgIpc) is 2.36. The summed E-state index contributed by atoms with van der Waals surface area (Å²) in [5.74, 6) is 0.557. The fraction of sp³-hybridized carbons (Fsp3) is 0.400. The van der Waals surface area contributed by atoms with E-state index in [-0.39, 0.29) is 5.56 Å². The van der Waals surface area contributed by atoms with Gasteiger partial charge in [-0.25, -0.2) is 0 Å². The van der Waals surface area contributed by atoms with Crippen molar-refractivity contribution in [3.05, 3.63) is 39.9 Å². The Hall–Kier alpha value is -1.62. The van der Waals surface area contributed by atoms with Gasteiger partial charge in [0.15, 0.2) is 0 Å². The van der Waals surface area contributed by atoms with E-state index in [1.807, 2.05) is 0 Å². The zero-order valence-electron chi connectivity index (χ0n) is 10.2. The van der Waals surface area contributed by atoms with Gasteiger partial charge in [-0.3, -0.25) is 10.1 Å². The minimum Gasteiger partial charge on any atom is -0.497 e. The monoisotopic (exact) mass is 213 g/mol. The number of hydrogen-bond donors (Lipinski definition) is 1. The molecule has 0 amide bonds. The predicted molar refractivity (Wildman–Crippen MR) is 54.6 cm³/mol. The van der Waals surface area contributed by atoms with Gasteiger partial charge in [-0.2, -0.15) is 0 Å². The molecule has 2 atom stereocenters. The summed E-state index contributed by atoms with van der Waals surface area (Å²) in [4.78, 5) is 9.75. The first-order valence-corrected chi connectivity index (χ1v) is 4.27. The molecule has 2 unspecified atom stereocenters. The maximum Gasteiger partial charge on any atom is 0.239 e. The summed E-state index contributed by atoms with van der Waals surface area (Å²) in [5.41, 5.74) is 0.284. The molecule has 0 saturated heterocycles. The molecule has 0 aliphatic rings. The third kappa shape index (κ3) is 3.21. The first kappa shape index (κ1) is 8.67. The number of methoxy groups -OCH3 is 1. The van der Waals surface area contributed by atoms with Crippen LogP contribution in [0.4, 0.5) is 0 Å². The van der Waals surface area contributed by atoms with Gasteiger partial charge < -0.3 is 9.84 Å². The molecular weight excluding hydrogens is 198 g/mol. The zero-order chi connectivity index (χ0) is 13.1. The van der Waals surface area contributed by atoms with E-state index in [0.29, 0.717) is 5.75 Å². The third-order valence-electron chi connectivity index (χ3n) is 1.85. The predicted octanol–water partition coefficient (Wildman–Crippen LogP) is 0.875. The van der Waals surface area contributed by atoms with Crippen molar-refractivity contribution in [1.29, 1.82) is 0 Å². The Morgan fingerprint density at radius 1 is 1.67 bits per heavy atom. The van der Waals surface area contributed by atoms with Gasteiger partial charge >= 0.3 is 0 Å². The highest BCUT2D eigenvalue weighted by Gasteiger charge is 2.18. The van der Waals surface area contributed by atoms with Crippen LogP contribution in [-0.2, 0) is 6.40 Å². The van der Waals surface area contributed by atoms with Crippen LogP contribution in [0.1, 0.15) is 8.30 Å². The Morgan fingerprint density at radius 2 is 2.27 bits per heavy atom. The first-order valence-electron chi connectivity index (χ1n) is 5.35. The van der Waals surface area contributed by atoms with Crippen molar-refractivity contribution in [2.45, 2.75) is 12.4 Å². The van der Waals surface area contributed by atoms with E-state index in [9.17, 15) is 10.1 Å². The molecule has 0 aliphatic carbocycles. The Morgan fingerprint density at radius 3 is 2.67 bits per heavy atom. The minimum atomic E-state index is -2.45. The molecule has 1 aromatic carbocycles. The number of aliphatic hydroxyl groups excluding tert-OH is 1.